The van der Waals surface area contributed by atoms with Crippen LogP contribution in [0.1, 0.15) is 16.7 Å². The molecule has 0 heterocycles. The largest absolute Gasteiger partial charge is 0.489 e. The van der Waals surface area contributed by atoms with Gasteiger partial charge in [0.1, 0.15) is 12.4 Å². The predicted molar refractivity (Wildman–Crippen MR) is 112 cm³/mol. The maximum atomic E-state index is 12.3. The lowest BCUT2D eigenvalue weighted by Gasteiger charge is -2.10. The first kappa shape index (κ1) is 19.9. The minimum absolute atomic E-state index is 0.206. The molecule has 3 rings (SSSR count). The molecule has 3 N–H and O–H groups in total. The third kappa shape index (κ3) is 5.34. The number of hydrogen-bond donors (Lipinski definition) is 2. The maximum Gasteiger partial charge on any atom is 0.240 e. The molecule has 0 radical (unpaired) electrons. The number of rotatable bonds is 8. The van der Waals surface area contributed by atoms with Gasteiger partial charge in [-0.3, -0.25) is 0 Å². The highest BCUT2D eigenvalue weighted by atomic mass is 32.2. The van der Waals surface area contributed by atoms with E-state index in [0.717, 1.165) is 16.9 Å². The number of hydrogen-bond acceptors (Lipinski definition) is 4. The average molecular weight is 397 g/mol. The Labute approximate surface area is 166 Å². The number of aryl methyl sites for hydroxylation is 1. The van der Waals surface area contributed by atoms with Crippen molar-refractivity contribution in [2.75, 3.05) is 12.3 Å². The minimum Gasteiger partial charge on any atom is -0.489 e. The Hall–Kier alpha value is -2.83. The molecule has 0 saturated heterocycles. The van der Waals surface area contributed by atoms with Gasteiger partial charge in [0.05, 0.1) is 4.90 Å². The average Bonchev–Trinajstić information content (AvgIpc) is 2.68. The first-order chi connectivity index (χ1) is 13.4. The highest BCUT2D eigenvalue weighted by Gasteiger charge is 2.12. The summed E-state index contributed by atoms with van der Waals surface area (Å²) in [5.41, 5.74) is 9.47. The van der Waals surface area contributed by atoms with Gasteiger partial charge < -0.3 is 10.5 Å². The zero-order valence-corrected chi connectivity index (χ0v) is 16.6. The number of anilines is 1. The van der Waals surface area contributed by atoms with Gasteiger partial charge >= 0.3 is 0 Å². The van der Waals surface area contributed by atoms with Gasteiger partial charge in [0.2, 0.25) is 10.0 Å². The molecule has 0 fully saturated rings. The molecule has 0 saturated carbocycles. The molecular formula is C22H24N2O3S. The fourth-order valence-electron chi connectivity index (χ4n) is 2.78. The number of nitrogen functional groups attached to an aromatic ring is 1. The zero-order valence-electron chi connectivity index (χ0n) is 15.8. The van der Waals surface area contributed by atoms with E-state index in [0.29, 0.717) is 25.3 Å². The Morgan fingerprint density at radius 3 is 2.46 bits per heavy atom. The summed E-state index contributed by atoms with van der Waals surface area (Å²) in [5, 5.41) is 0. The van der Waals surface area contributed by atoms with E-state index in [2.05, 4.69) is 17.7 Å². The van der Waals surface area contributed by atoms with E-state index in [1.807, 2.05) is 42.5 Å². The molecule has 0 aliphatic heterocycles. The number of benzene rings is 3. The quantitative estimate of drug-likeness (QED) is 0.569. The monoisotopic (exact) mass is 396 g/mol. The van der Waals surface area contributed by atoms with Gasteiger partial charge in [0.25, 0.3) is 0 Å². The van der Waals surface area contributed by atoms with Crippen molar-refractivity contribution >= 4 is 15.7 Å². The molecule has 0 unspecified atom stereocenters. The van der Waals surface area contributed by atoms with E-state index in [1.165, 1.54) is 17.7 Å². The molecule has 28 heavy (non-hydrogen) atoms. The first-order valence-electron chi connectivity index (χ1n) is 9.05. The van der Waals surface area contributed by atoms with Crippen LogP contribution in [0.2, 0.25) is 0 Å². The number of ether oxygens (including phenoxy) is 1. The minimum atomic E-state index is -3.55. The van der Waals surface area contributed by atoms with Crippen molar-refractivity contribution in [2.45, 2.75) is 24.8 Å². The fraction of sp³-hybridized carbons (Fsp3) is 0.182. The standard InChI is InChI=1S/C22H24N2O3S/c1-17-5-2-3-7-19(17)16-27-21-8-4-6-18(15-21)13-14-24-28(25,26)22-11-9-20(23)10-12-22/h2-12,15,24H,13-14,16,23H2,1H3. The second-order valence-corrected chi connectivity index (χ2v) is 8.35. The van der Waals surface area contributed by atoms with E-state index in [-0.39, 0.29) is 4.90 Å². The van der Waals surface area contributed by atoms with E-state index >= 15 is 0 Å². The number of sulfonamides is 1. The van der Waals surface area contributed by atoms with Crippen molar-refractivity contribution in [3.05, 3.63) is 89.5 Å². The molecule has 0 atom stereocenters. The van der Waals surface area contributed by atoms with Gasteiger partial charge in [0, 0.05) is 12.2 Å². The van der Waals surface area contributed by atoms with Crippen LogP contribution in [-0.2, 0) is 23.1 Å². The Kier molecular flexibility index (Phi) is 6.34. The normalized spacial score (nSPS) is 11.3. The van der Waals surface area contributed by atoms with Crippen molar-refractivity contribution in [2.24, 2.45) is 0 Å². The van der Waals surface area contributed by atoms with Crippen molar-refractivity contribution in [1.82, 2.24) is 4.72 Å². The van der Waals surface area contributed by atoms with Crippen LogP contribution in [0, 0.1) is 6.92 Å². The Balaban J connectivity index is 1.56. The molecule has 3 aromatic carbocycles. The van der Waals surface area contributed by atoms with Gasteiger partial charge in [-0.15, -0.1) is 0 Å². The molecule has 0 bridgehead atoms. The van der Waals surface area contributed by atoms with Crippen LogP contribution >= 0.6 is 0 Å². The Morgan fingerprint density at radius 2 is 1.71 bits per heavy atom. The topological polar surface area (TPSA) is 81.4 Å². The SMILES string of the molecule is Cc1ccccc1COc1cccc(CCNS(=O)(=O)c2ccc(N)cc2)c1. The lowest BCUT2D eigenvalue weighted by Crippen LogP contribution is -2.26. The second-order valence-electron chi connectivity index (χ2n) is 6.58. The Morgan fingerprint density at radius 1 is 0.964 bits per heavy atom. The van der Waals surface area contributed by atoms with Crippen molar-refractivity contribution in [3.8, 4) is 5.75 Å². The third-order valence-electron chi connectivity index (χ3n) is 4.45. The molecule has 0 aliphatic rings. The molecule has 0 amide bonds. The summed E-state index contributed by atoms with van der Waals surface area (Å²) in [7, 11) is -3.55. The molecule has 6 heteroatoms. The molecule has 0 aromatic heterocycles. The molecule has 0 aliphatic carbocycles. The molecule has 5 nitrogen and oxygen atoms in total. The highest BCUT2D eigenvalue weighted by Crippen LogP contribution is 2.17. The Bertz CT molecular complexity index is 1030. The van der Waals surface area contributed by atoms with Crippen LogP contribution < -0.4 is 15.2 Å². The van der Waals surface area contributed by atoms with Crippen LogP contribution in [0.25, 0.3) is 0 Å². The summed E-state index contributed by atoms with van der Waals surface area (Å²) in [6, 6.07) is 22.0. The summed E-state index contributed by atoms with van der Waals surface area (Å²) in [4.78, 5) is 0.206. The van der Waals surface area contributed by atoms with Gasteiger partial charge in [-0.25, -0.2) is 13.1 Å². The highest BCUT2D eigenvalue weighted by molar-refractivity contribution is 7.89. The van der Waals surface area contributed by atoms with Crippen LogP contribution in [0.3, 0.4) is 0 Å². The van der Waals surface area contributed by atoms with Crippen LogP contribution in [0.5, 0.6) is 5.75 Å². The summed E-state index contributed by atoms with van der Waals surface area (Å²) in [6.07, 6.45) is 0.565. The lowest BCUT2D eigenvalue weighted by atomic mass is 10.1. The van der Waals surface area contributed by atoms with Crippen LogP contribution in [0.15, 0.2) is 77.7 Å². The van der Waals surface area contributed by atoms with Gasteiger partial charge in [-0.2, -0.15) is 0 Å². The number of nitrogens with two attached hydrogens (primary N) is 1. The maximum absolute atomic E-state index is 12.3. The molecule has 0 spiro atoms. The summed E-state index contributed by atoms with van der Waals surface area (Å²) < 4.78 is 33.1. The van der Waals surface area contributed by atoms with E-state index in [9.17, 15) is 8.42 Å². The lowest BCUT2D eigenvalue weighted by molar-refractivity contribution is 0.305. The third-order valence-corrected chi connectivity index (χ3v) is 5.93. The molecular weight excluding hydrogens is 372 g/mol. The zero-order chi connectivity index (χ0) is 20.0. The van der Waals surface area contributed by atoms with Gasteiger partial charge in [-0.1, -0.05) is 36.4 Å². The fourth-order valence-corrected chi connectivity index (χ4v) is 3.82. The molecule has 3 aromatic rings. The van der Waals surface area contributed by atoms with E-state index < -0.39 is 10.0 Å². The van der Waals surface area contributed by atoms with Crippen molar-refractivity contribution < 1.29 is 13.2 Å². The second kappa shape index (κ2) is 8.91. The summed E-state index contributed by atoms with van der Waals surface area (Å²) in [6.45, 7) is 2.86. The van der Waals surface area contributed by atoms with E-state index in [1.54, 1.807) is 12.1 Å². The predicted octanol–water partition coefficient (Wildman–Crippen LogP) is 3.68. The summed E-state index contributed by atoms with van der Waals surface area (Å²) >= 11 is 0. The van der Waals surface area contributed by atoms with Crippen molar-refractivity contribution in [3.63, 3.8) is 0 Å². The van der Waals surface area contributed by atoms with Crippen LogP contribution in [-0.4, -0.2) is 15.0 Å². The molecule has 146 valence electrons. The summed E-state index contributed by atoms with van der Waals surface area (Å²) in [5.74, 6) is 0.766. The van der Waals surface area contributed by atoms with Gasteiger partial charge in [0.15, 0.2) is 0 Å². The van der Waals surface area contributed by atoms with Gasteiger partial charge in [-0.05, 0) is 66.4 Å². The number of nitrogens with one attached hydrogen (secondary N) is 1. The first-order valence-corrected chi connectivity index (χ1v) is 10.5. The van der Waals surface area contributed by atoms with Crippen molar-refractivity contribution in [1.29, 1.82) is 0 Å². The van der Waals surface area contributed by atoms with Crippen LogP contribution in [0.4, 0.5) is 5.69 Å². The smallest absolute Gasteiger partial charge is 0.240 e. The van der Waals surface area contributed by atoms with E-state index in [4.69, 9.17) is 10.5 Å².